The summed E-state index contributed by atoms with van der Waals surface area (Å²) in [6.07, 6.45) is 1.62. The van der Waals surface area contributed by atoms with Gasteiger partial charge in [0.25, 0.3) is 0 Å². The van der Waals surface area contributed by atoms with Crippen molar-refractivity contribution in [3.05, 3.63) is 47.0 Å². The van der Waals surface area contributed by atoms with Gasteiger partial charge in [-0.3, -0.25) is 0 Å². The molecule has 0 radical (unpaired) electrons. The monoisotopic (exact) mass is 288 g/mol. The molecule has 2 nitrogen and oxygen atoms in total. The van der Waals surface area contributed by atoms with Crippen LogP contribution in [0, 0.1) is 5.82 Å². The Bertz CT molecular complexity index is 484. The smallest absolute Gasteiger partial charge is 0.167 e. The number of rotatable bonds is 2. The van der Waals surface area contributed by atoms with Crippen LogP contribution in [0.1, 0.15) is 5.69 Å². The molecule has 0 aliphatic heterocycles. The first-order valence-corrected chi connectivity index (χ1v) is 5.77. The molecule has 0 saturated carbocycles. The number of halogens is 3. The van der Waals surface area contributed by atoms with Gasteiger partial charge >= 0.3 is 0 Å². The van der Waals surface area contributed by atoms with Gasteiger partial charge in [0.1, 0.15) is 5.69 Å². The van der Waals surface area contributed by atoms with Gasteiger partial charge in [-0.2, -0.15) is 5.10 Å². The van der Waals surface area contributed by atoms with Crippen LogP contribution < -0.4 is 0 Å². The number of hydrogen-bond acceptors (Lipinski definition) is 1. The van der Waals surface area contributed by atoms with Crippen LogP contribution in [0.3, 0.4) is 0 Å². The van der Waals surface area contributed by atoms with E-state index in [1.165, 1.54) is 10.7 Å². The second-order valence-corrected chi connectivity index (χ2v) is 3.91. The quantitative estimate of drug-likeness (QED) is 0.773. The maximum Gasteiger partial charge on any atom is 0.167 e. The van der Waals surface area contributed by atoms with E-state index in [4.69, 9.17) is 11.6 Å². The van der Waals surface area contributed by atoms with Gasteiger partial charge < -0.3 is 0 Å². The molecular weight excluding hydrogens is 282 g/mol. The van der Waals surface area contributed by atoms with Crippen molar-refractivity contribution < 1.29 is 4.39 Å². The summed E-state index contributed by atoms with van der Waals surface area (Å²) in [5, 5.41) is 4.76. The second kappa shape index (κ2) is 4.33. The Kier molecular flexibility index (Phi) is 3.07. The standard InChI is InChI=1S/C10H7BrClFN2/c11-6-7-4-5-14-15(7)9-3-1-2-8(12)10(9)13/h1-5H,6H2. The molecule has 1 aromatic heterocycles. The number of aromatic nitrogens is 2. The molecule has 2 rings (SSSR count). The molecule has 15 heavy (non-hydrogen) atoms. The summed E-state index contributed by atoms with van der Waals surface area (Å²) in [6, 6.07) is 6.66. The molecule has 0 spiro atoms. The number of alkyl halides is 1. The van der Waals surface area contributed by atoms with E-state index >= 15 is 0 Å². The zero-order valence-corrected chi connectivity index (χ0v) is 9.96. The van der Waals surface area contributed by atoms with Gasteiger partial charge in [0.2, 0.25) is 0 Å². The molecule has 0 atom stereocenters. The lowest BCUT2D eigenvalue weighted by atomic mass is 10.3. The summed E-state index contributed by atoms with van der Waals surface area (Å²) < 4.78 is 15.2. The van der Waals surface area contributed by atoms with E-state index in [1.54, 1.807) is 18.3 Å². The molecule has 0 fully saturated rings. The third-order valence-electron chi connectivity index (χ3n) is 2.02. The van der Waals surface area contributed by atoms with E-state index in [-0.39, 0.29) is 5.02 Å². The minimum Gasteiger partial charge on any atom is -0.234 e. The average molecular weight is 290 g/mol. The molecular formula is C10H7BrClFN2. The molecule has 0 unspecified atom stereocenters. The molecule has 0 aliphatic rings. The van der Waals surface area contributed by atoms with Crippen LogP contribution in [0.2, 0.25) is 5.02 Å². The van der Waals surface area contributed by atoms with E-state index in [9.17, 15) is 4.39 Å². The maximum absolute atomic E-state index is 13.7. The van der Waals surface area contributed by atoms with E-state index in [0.717, 1.165) is 5.69 Å². The topological polar surface area (TPSA) is 17.8 Å². The Balaban J connectivity index is 2.59. The number of hydrogen-bond donors (Lipinski definition) is 0. The molecule has 1 aromatic carbocycles. The molecule has 0 amide bonds. The normalized spacial score (nSPS) is 10.6. The van der Waals surface area contributed by atoms with Crippen LogP contribution in [-0.2, 0) is 5.33 Å². The lowest BCUT2D eigenvalue weighted by Gasteiger charge is -2.07. The highest BCUT2D eigenvalue weighted by molar-refractivity contribution is 9.08. The van der Waals surface area contributed by atoms with Gasteiger partial charge in [0.15, 0.2) is 5.82 Å². The average Bonchev–Trinajstić information content (AvgIpc) is 2.70. The van der Waals surface area contributed by atoms with Crippen LogP contribution in [-0.4, -0.2) is 9.78 Å². The number of nitrogens with zero attached hydrogens (tertiary/aromatic N) is 2. The first-order chi connectivity index (χ1) is 7.24. The highest BCUT2D eigenvalue weighted by Crippen LogP contribution is 2.22. The summed E-state index contributed by atoms with van der Waals surface area (Å²) in [7, 11) is 0. The van der Waals surface area contributed by atoms with Crippen LogP contribution in [0.5, 0.6) is 0 Å². The minimum absolute atomic E-state index is 0.100. The Labute approximate surface area is 99.8 Å². The molecule has 0 bridgehead atoms. The van der Waals surface area contributed by atoms with Gasteiger partial charge in [-0.05, 0) is 18.2 Å². The zero-order chi connectivity index (χ0) is 10.8. The molecule has 78 valence electrons. The summed E-state index contributed by atoms with van der Waals surface area (Å²) in [5.74, 6) is -0.454. The first-order valence-electron chi connectivity index (χ1n) is 4.27. The van der Waals surface area contributed by atoms with Crippen molar-refractivity contribution in [2.75, 3.05) is 0 Å². The molecule has 1 heterocycles. The van der Waals surface area contributed by atoms with Gasteiger partial charge in [0, 0.05) is 11.5 Å². The van der Waals surface area contributed by atoms with Crippen molar-refractivity contribution in [1.82, 2.24) is 9.78 Å². The molecule has 0 N–H and O–H groups in total. The van der Waals surface area contributed by atoms with Gasteiger partial charge in [-0.25, -0.2) is 9.07 Å². The third-order valence-corrected chi connectivity index (χ3v) is 2.88. The molecule has 2 aromatic rings. The van der Waals surface area contributed by atoms with Crippen molar-refractivity contribution in [1.29, 1.82) is 0 Å². The molecule has 0 saturated heterocycles. The highest BCUT2D eigenvalue weighted by atomic mass is 79.9. The molecule has 0 aliphatic carbocycles. The largest absolute Gasteiger partial charge is 0.234 e. The molecule has 5 heteroatoms. The van der Waals surface area contributed by atoms with E-state index < -0.39 is 5.82 Å². The van der Waals surface area contributed by atoms with E-state index in [2.05, 4.69) is 21.0 Å². The SMILES string of the molecule is Fc1c(Cl)cccc1-n1nccc1CBr. The van der Waals surface area contributed by atoms with Crippen molar-refractivity contribution in [3.8, 4) is 5.69 Å². The van der Waals surface area contributed by atoms with Crippen LogP contribution in [0.25, 0.3) is 5.69 Å². The van der Waals surface area contributed by atoms with Gasteiger partial charge in [-0.1, -0.05) is 33.6 Å². The minimum atomic E-state index is -0.454. The summed E-state index contributed by atoms with van der Waals surface area (Å²) in [5.41, 5.74) is 1.23. The Hall–Kier alpha value is -0.870. The lowest BCUT2D eigenvalue weighted by molar-refractivity contribution is 0.609. The number of benzene rings is 1. The van der Waals surface area contributed by atoms with Crippen LogP contribution in [0.15, 0.2) is 30.5 Å². The Morgan fingerprint density at radius 2 is 2.20 bits per heavy atom. The fraction of sp³-hybridized carbons (Fsp3) is 0.100. The fourth-order valence-corrected chi connectivity index (χ4v) is 1.90. The van der Waals surface area contributed by atoms with E-state index in [1.807, 2.05) is 6.07 Å². The van der Waals surface area contributed by atoms with Crippen molar-refractivity contribution in [2.45, 2.75) is 5.33 Å². The Morgan fingerprint density at radius 3 is 2.93 bits per heavy atom. The summed E-state index contributed by atoms with van der Waals surface area (Å²) in [4.78, 5) is 0. The second-order valence-electron chi connectivity index (χ2n) is 2.94. The van der Waals surface area contributed by atoms with Gasteiger partial charge in [0.05, 0.1) is 10.7 Å². The summed E-state index contributed by atoms with van der Waals surface area (Å²) >= 11 is 9.01. The zero-order valence-electron chi connectivity index (χ0n) is 7.62. The van der Waals surface area contributed by atoms with Crippen molar-refractivity contribution >= 4 is 27.5 Å². The summed E-state index contributed by atoms with van der Waals surface area (Å²) in [6.45, 7) is 0. The van der Waals surface area contributed by atoms with Crippen molar-refractivity contribution in [2.24, 2.45) is 0 Å². The predicted octanol–water partition coefficient (Wildman–Crippen LogP) is 3.56. The van der Waals surface area contributed by atoms with E-state index in [0.29, 0.717) is 11.0 Å². The Morgan fingerprint density at radius 1 is 1.40 bits per heavy atom. The predicted molar refractivity (Wildman–Crippen MR) is 61.2 cm³/mol. The van der Waals surface area contributed by atoms with Crippen LogP contribution in [0.4, 0.5) is 4.39 Å². The third kappa shape index (κ3) is 1.92. The highest BCUT2D eigenvalue weighted by Gasteiger charge is 2.11. The van der Waals surface area contributed by atoms with Crippen LogP contribution >= 0.6 is 27.5 Å². The lowest BCUT2D eigenvalue weighted by Crippen LogP contribution is -2.03. The first kappa shape index (κ1) is 10.6. The fourth-order valence-electron chi connectivity index (χ4n) is 1.30. The van der Waals surface area contributed by atoms with Crippen molar-refractivity contribution in [3.63, 3.8) is 0 Å². The van der Waals surface area contributed by atoms with Gasteiger partial charge in [-0.15, -0.1) is 0 Å². The maximum atomic E-state index is 13.7.